The van der Waals surface area contributed by atoms with Crippen molar-refractivity contribution < 1.29 is 50.0 Å². The van der Waals surface area contributed by atoms with E-state index in [0.29, 0.717) is 41.2 Å². The Morgan fingerprint density at radius 2 is 1.46 bits per heavy atom. The standard InChI is InChI=1S/C14H18ClNO2.C9H10ClNO2.C5H9Br.3CH4.Na.H/c1-4-7-8-9-16-11(5-2)10-12(15)13(16)14(17)18-6-3;1-3-6-5-7(10)8(11-6)9(12)13-4-2;1-2-3-4-5-6;;;;;/h4-5,10H,1-2,6-9H2,3H3;3,5,11H,1,4H2,2H3;2H,1,3-5H2;3*1H4;;/q;;;;;;+1;-1. The summed E-state index contributed by atoms with van der Waals surface area (Å²) in [5.41, 5.74) is 2.20. The second kappa shape index (κ2) is 30.0. The minimum atomic E-state index is -0.444. The summed E-state index contributed by atoms with van der Waals surface area (Å²) in [4.78, 5) is 25.9. The van der Waals surface area contributed by atoms with Gasteiger partial charge in [0.1, 0.15) is 11.4 Å². The van der Waals surface area contributed by atoms with E-state index < -0.39 is 11.9 Å². The first-order chi connectivity index (χ1) is 17.7. The third-order valence-corrected chi connectivity index (χ3v) is 5.73. The van der Waals surface area contributed by atoms with Gasteiger partial charge in [0.2, 0.25) is 0 Å². The molecule has 2 aromatic rings. The molecule has 0 atom stereocenters. The van der Waals surface area contributed by atoms with Gasteiger partial charge in [-0.3, -0.25) is 0 Å². The van der Waals surface area contributed by atoms with Crippen LogP contribution in [0.4, 0.5) is 0 Å². The maximum atomic E-state index is 11.9. The summed E-state index contributed by atoms with van der Waals surface area (Å²) >= 11 is 15.2. The molecular formula is C31H50BrCl2N2NaO4. The third kappa shape index (κ3) is 18.6. The Morgan fingerprint density at radius 3 is 1.88 bits per heavy atom. The summed E-state index contributed by atoms with van der Waals surface area (Å²) in [6, 6.07) is 3.36. The van der Waals surface area contributed by atoms with E-state index >= 15 is 0 Å². The molecule has 2 rings (SSSR count). The molecule has 0 spiro atoms. The zero-order chi connectivity index (χ0) is 28.2. The van der Waals surface area contributed by atoms with Crippen LogP contribution in [0.5, 0.6) is 0 Å². The van der Waals surface area contributed by atoms with Crippen molar-refractivity contribution in [1.82, 2.24) is 9.55 Å². The number of aromatic nitrogens is 2. The number of carbonyl (C=O) groups excluding carboxylic acids is 2. The number of unbranched alkanes of at least 4 members (excludes halogenated alkanes) is 2. The van der Waals surface area contributed by atoms with Gasteiger partial charge in [0.25, 0.3) is 0 Å². The quantitative estimate of drug-likeness (QED) is 0.0767. The van der Waals surface area contributed by atoms with Crippen LogP contribution in [-0.4, -0.2) is 40.0 Å². The van der Waals surface area contributed by atoms with Crippen LogP contribution < -0.4 is 29.6 Å². The molecule has 0 aliphatic heterocycles. The van der Waals surface area contributed by atoms with E-state index in [1.807, 2.05) is 16.7 Å². The van der Waals surface area contributed by atoms with Crippen LogP contribution in [0.3, 0.4) is 0 Å². The van der Waals surface area contributed by atoms with Gasteiger partial charge in [-0.1, -0.05) is 86.7 Å². The van der Waals surface area contributed by atoms with Crippen molar-refractivity contribution in [2.75, 3.05) is 18.5 Å². The molecule has 0 unspecified atom stereocenters. The first kappa shape index (κ1) is 49.2. The second-order valence-electron chi connectivity index (χ2n) is 7.26. The van der Waals surface area contributed by atoms with E-state index in [1.54, 1.807) is 38.1 Å². The molecule has 41 heavy (non-hydrogen) atoms. The predicted octanol–water partition coefficient (Wildman–Crippen LogP) is 7.79. The van der Waals surface area contributed by atoms with Gasteiger partial charge >= 0.3 is 41.5 Å². The summed E-state index contributed by atoms with van der Waals surface area (Å²) in [6.07, 6.45) is 11.2. The fraction of sp³-hybridized carbons (Fsp3) is 0.419. The van der Waals surface area contributed by atoms with E-state index in [4.69, 9.17) is 32.7 Å². The zero-order valence-corrected chi connectivity index (χ0v) is 27.8. The summed E-state index contributed by atoms with van der Waals surface area (Å²) in [7, 11) is 0. The number of allylic oxidation sites excluding steroid dienone is 2. The summed E-state index contributed by atoms with van der Waals surface area (Å²) in [6.45, 7) is 19.4. The first-order valence-electron chi connectivity index (χ1n) is 11.9. The molecule has 0 saturated carbocycles. The number of carbonyl (C=O) groups is 2. The Morgan fingerprint density at radius 1 is 0.927 bits per heavy atom. The van der Waals surface area contributed by atoms with E-state index in [9.17, 15) is 9.59 Å². The van der Waals surface area contributed by atoms with Crippen LogP contribution >= 0.6 is 39.1 Å². The van der Waals surface area contributed by atoms with E-state index in [-0.39, 0.29) is 59.0 Å². The minimum absolute atomic E-state index is 0. The second-order valence-corrected chi connectivity index (χ2v) is 8.87. The SMILES string of the molecule is C.C.C.C=CCCCBr.C=CCCCn1c(C=C)cc(Cl)c1C(=O)OCC.C=Cc1cc(Cl)c(C(=O)OCC)[nH]1.[H-].[Na+]. The Kier molecular flexibility index (Phi) is 36.0. The summed E-state index contributed by atoms with van der Waals surface area (Å²) in [5.74, 6) is -0.838. The number of halogens is 3. The number of ether oxygens (including phenoxy) is 2. The number of hydrogen-bond acceptors (Lipinski definition) is 4. The average Bonchev–Trinajstić information content (AvgIpc) is 3.42. The number of aromatic amines is 1. The molecule has 0 fully saturated rings. The van der Waals surface area contributed by atoms with Gasteiger partial charge in [0.05, 0.1) is 23.3 Å². The molecule has 0 amide bonds. The number of H-pyrrole nitrogens is 1. The molecule has 230 valence electrons. The number of alkyl halides is 1. The smallest absolute Gasteiger partial charge is 1.00 e. The molecule has 0 aromatic carbocycles. The Labute approximate surface area is 291 Å². The molecule has 0 bridgehead atoms. The summed E-state index contributed by atoms with van der Waals surface area (Å²) in [5, 5.41) is 1.86. The van der Waals surface area contributed by atoms with Crippen LogP contribution in [0.1, 0.15) is 95.6 Å². The third-order valence-electron chi connectivity index (χ3n) is 4.58. The molecule has 10 heteroatoms. The minimum Gasteiger partial charge on any atom is -1.00 e. The van der Waals surface area contributed by atoms with Crippen molar-refractivity contribution in [3.8, 4) is 0 Å². The predicted molar refractivity (Wildman–Crippen MR) is 181 cm³/mol. The fourth-order valence-corrected chi connectivity index (χ4v) is 3.73. The van der Waals surface area contributed by atoms with Crippen molar-refractivity contribution in [2.45, 2.75) is 68.4 Å². The van der Waals surface area contributed by atoms with Crippen LogP contribution in [0.15, 0.2) is 50.6 Å². The molecule has 0 radical (unpaired) electrons. The molecule has 0 aliphatic rings. The molecule has 2 aromatic heterocycles. The number of esters is 2. The maximum absolute atomic E-state index is 11.9. The molecule has 0 aliphatic carbocycles. The van der Waals surface area contributed by atoms with E-state index in [0.717, 1.165) is 30.3 Å². The topological polar surface area (TPSA) is 73.3 Å². The van der Waals surface area contributed by atoms with Gasteiger partial charge in [-0.2, -0.15) is 0 Å². The monoisotopic (exact) mass is 686 g/mol. The van der Waals surface area contributed by atoms with E-state index in [1.165, 1.54) is 6.42 Å². The number of nitrogens with zero attached hydrogens (tertiary/aromatic N) is 1. The summed E-state index contributed by atoms with van der Waals surface area (Å²) < 4.78 is 11.6. The van der Waals surface area contributed by atoms with Crippen molar-refractivity contribution in [2.24, 2.45) is 0 Å². The Bertz CT molecular complexity index is 1040. The molecule has 0 saturated heterocycles. The first-order valence-corrected chi connectivity index (χ1v) is 13.8. The number of nitrogens with one attached hydrogen (secondary N) is 1. The van der Waals surface area contributed by atoms with Crippen LogP contribution in [0, 0.1) is 0 Å². The van der Waals surface area contributed by atoms with Crippen molar-refractivity contribution in [3.63, 3.8) is 0 Å². The van der Waals surface area contributed by atoms with Gasteiger partial charge in [-0.05, 0) is 63.8 Å². The zero-order valence-electron chi connectivity index (χ0n) is 23.7. The number of hydrogen-bond donors (Lipinski definition) is 1. The van der Waals surface area contributed by atoms with Gasteiger partial charge in [-0.15, -0.1) is 13.2 Å². The number of rotatable bonds is 13. The van der Waals surface area contributed by atoms with Crippen molar-refractivity contribution >= 4 is 63.2 Å². The Balaban J connectivity index is -0.000000120. The molecule has 2 heterocycles. The van der Waals surface area contributed by atoms with Gasteiger partial charge in [0.15, 0.2) is 0 Å². The van der Waals surface area contributed by atoms with E-state index in [2.05, 4.69) is 47.2 Å². The van der Waals surface area contributed by atoms with Crippen LogP contribution in [-0.2, 0) is 16.0 Å². The van der Waals surface area contributed by atoms with Crippen molar-refractivity contribution in [1.29, 1.82) is 0 Å². The maximum Gasteiger partial charge on any atom is 1.00 e. The van der Waals surface area contributed by atoms with Crippen molar-refractivity contribution in [3.05, 3.63) is 83.4 Å². The Hall–Kier alpha value is -1.48. The average molecular weight is 689 g/mol. The van der Waals surface area contributed by atoms with Crippen LogP contribution in [0.2, 0.25) is 10.0 Å². The van der Waals surface area contributed by atoms with Crippen LogP contribution in [0.25, 0.3) is 12.2 Å². The largest absolute Gasteiger partial charge is 1.00 e. The van der Waals surface area contributed by atoms with Gasteiger partial charge in [0, 0.05) is 23.3 Å². The van der Waals surface area contributed by atoms with Gasteiger partial charge < -0.3 is 20.5 Å². The normalized spacial score (nSPS) is 8.71. The van der Waals surface area contributed by atoms with Gasteiger partial charge in [-0.25, -0.2) is 9.59 Å². The molecular weight excluding hydrogens is 638 g/mol. The molecule has 1 N–H and O–H groups in total. The fourth-order valence-electron chi connectivity index (χ4n) is 2.88. The molecule has 6 nitrogen and oxygen atoms in total.